The lowest BCUT2D eigenvalue weighted by molar-refractivity contribution is -0.138. The van der Waals surface area contributed by atoms with Crippen molar-refractivity contribution in [3.05, 3.63) is 70.5 Å². The average Bonchev–Trinajstić information content (AvgIpc) is 3.42. The molecule has 59 heavy (non-hydrogen) atoms. The Morgan fingerprint density at radius 1 is 1.07 bits per heavy atom. The van der Waals surface area contributed by atoms with Crippen LogP contribution in [0.25, 0.3) is 0 Å². The molecule has 1 aromatic heterocycles. The SMILES string of the molecule is CCc1cc(N2C(=S)N(c3cnc(C#N)c(C(F)(F)F)c3)C(=O)C23CCC3)ccc1OCCN1CCN(CC(=O)Nc2cc(Cl)cc(NC3CCC(=O)NC3=O)c2)CC1. The van der Waals surface area contributed by atoms with Gasteiger partial charge in [-0.25, -0.2) is 4.98 Å². The molecular weight excluding hydrogens is 811 g/mol. The second-order valence-corrected chi connectivity index (χ2v) is 15.7. The fourth-order valence-corrected chi connectivity index (χ4v) is 8.55. The van der Waals surface area contributed by atoms with Gasteiger partial charge in [0.2, 0.25) is 17.7 Å². The summed E-state index contributed by atoms with van der Waals surface area (Å²) in [5, 5.41) is 17.9. The zero-order valence-corrected chi connectivity index (χ0v) is 33.6. The Kier molecular flexibility index (Phi) is 12.1. The maximum absolute atomic E-state index is 13.9. The first-order valence-electron chi connectivity index (χ1n) is 19.3. The summed E-state index contributed by atoms with van der Waals surface area (Å²) in [6, 6.07) is 12.1. The number of rotatable bonds is 12. The Morgan fingerprint density at radius 2 is 1.80 bits per heavy atom. The first-order chi connectivity index (χ1) is 28.2. The molecule has 3 N–H and O–H groups in total. The van der Waals surface area contributed by atoms with Crippen LogP contribution >= 0.6 is 23.8 Å². The maximum atomic E-state index is 13.9. The number of halogens is 4. The molecule has 4 aliphatic rings. The molecule has 7 rings (SSSR count). The number of piperazine rings is 1. The number of carbonyl (C=O) groups is 4. The van der Waals surface area contributed by atoms with Crippen molar-refractivity contribution in [1.82, 2.24) is 20.1 Å². The molecule has 0 bridgehead atoms. The van der Waals surface area contributed by atoms with Crippen LogP contribution in [0.4, 0.5) is 35.9 Å². The molecule has 4 heterocycles. The minimum absolute atomic E-state index is 0.0413. The number of ether oxygens (including phenoxy) is 1. The number of hydrogen-bond donors (Lipinski definition) is 3. The summed E-state index contributed by atoms with van der Waals surface area (Å²) in [4.78, 5) is 61.4. The summed E-state index contributed by atoms with van der Waals surface area (Å²) in [6.07, 6.45) is -0.879. The van der Waals surface area contributed by atoms with Gasteiger partial charge in [-0.05, 0) is 92.4 Å². The molecule has 3 saturated heterocycles. The first-order valence-corrected chi connectivity index (χ1v) is 20.0. The van der Waals surface area contributed by atoms with E-state index in [2.05, 4.69) is 30.7 Å². The van der Waals surface area contributed by atoms with Crippen LogP contribution in [0.2, 0.25) is 5.02 Å². The molecule has 3 aliphatic heterocycles. The Hall–Kier alpha value is -5.35. The number of nitrogens with zero attached hydrogens (tertiary/aromatic N) is 6. The van der Waals surface area contributed by atoms with E-state index in [0.717, 1.165) is 42.2 Å². The molecule has 19 heteroatoms. The first kappa shape index (κ1) is 41.8. The molecule has 3 aromatic rings. The van der Waals surface area contributed by atoms with Gasteiger partial charge >= 0.3 is 6.18 Å². The molecule has 1 unspecified atom stereocenters. The number of nitriles is 1. The number of aryl methyl sites for hydroxylation is 1. The number of nitrogens with one attached hydrogen (secondary N) is 3. The summed E-state index contributed by atoms with van der Waals surface area (Å²) < 4.78 is 47.6. The lowest BCUT2D eigenvalue weighted by atomic mass is 9.75. The molecule has 1 spiro atoms. The molecule has 2 aromatic carbocycles. The largest absolute Gasteiger partial charge is 0.492 e. The molecule has 4 amide bonds. The molecule has 14 nitrogen and oxygen atoms in total. The lowest BCUT2D eigenvalue weighted by Crippen LogP contribution is -2.55. The zero-order chi connectivity index (χ0) is 42.1. The number of pyridine rings is 1. The number of hydrogen-bond acceptors (Lipinski definition) is 11. The van der Waals surface area contributed by atoms with Crippen LogP contribution in [0.3, 0.4) is 0 Å². The highest BCUT2D eigenvalue weighted by Crippen LogP contribution is 2.49. The number of amides is 4. The van der Waals surface area contributed by atoms with E-state index in [-0.39, 0.29) is 35.6 Å². The minimum Gasteiger partial charge on any atom is -0.492 e. The van der Waals surface area contributed by atoms with Crippen LogP contribution in [-0.2, 0) is 31.8 Å². The summed E-state index contributed by atoms with van der Waals surface area (Å²) in [5.41, 5.74) is -0.654. The number of benzene rings is 2. The van der Waals surface area contributed by atoms with Crippen molar-refractivity contribution >= 4 is 75.3 Å². The van der Waals surface area contributed by atoms with Gasteiger partial charge in [-0.1, -0.05) is 18.5 Å². The van der Waals surface area contributed by atoms with Crippen LogP contribution in [0.5, 0.6) is 5.75 Å². The van der Waals surface area contributed by atoms with Gasteiger partial charge in [0, 0.05) is 61.2 Å². The van der Waals surface area contributed by atoms with Crippen molar-refractivity contribution in [1.29, 1.82) is 5.26 Å². The van der Waals surface area contributed by atoms with Gasteiger partial charge in [-0.2, -0.15) is 18.4 Å². The third-order valence-electron chi connectivity index (χ3n) is 11.1. The molecule has 4 fully saturated rings. The topological polar surface area (TPSA) is 163 Å². The van der Waals surface area contributed by atoms with Crippen LogP contribution < -0.4 is 30.5 Å². The van der Waals surface area contributed by atoms with Crippen molar-refractivity contribution in [3.8, 4) is 11.8 Å². The van der Waals surface area contributed by atoms with E-state index in [1.807, 2.05) is 19.1 Å². The third kappa shape index (κ3) is 8.83. The normalized spacial score (nSPS) is 19.7. The number of thiocarbonyl (C=S) groups is 1. The number of piperidine rings is 1. The lowest BCUT2D eigenvalue weighted by Gasteiger charge is -2.43. The number of imide groups is 1. The molecule has 0 radical (unpaired) electrons. The Morgan fingerprint density at radius 3 is 2.46 bits per heavy atom. The molecule has 1 saturated carbocycles. The smallest absolute Gasteiger partial charge is 0.419 e. The van der Waals surface area contributed by atoms with Crippen LogP contribution in [0, 0.1) is 11.3 Å². The Bertz CT molecular complexity index is 2230. The maximum Gasteiger partial charge on any atom is 0.419 e. The zero-order valence-electron chi connectivity index (χ0n) is 32.0. The Labute approximate surface area is 348 Å². The van der Waals surface area contributed by atoms with Crippen molar-refractivity contribution in [2.45, 2.75) is 63.2 Å². The van der Waals surface area contributed by atoms with Crippen molar-refractivity contribution in [2.24, 2.45) is 0 Å². The summed E-state index contributed by atoms with van der Waals surface area (Å²) in [5.74, 6) is -0.676. The van der Waals surface area contributed by atoms with Crippen molar-refractivity contribution in [2.75, 3.05) is 66.3 Å². The highest BCUT2D eigenvalue weighted by Gasteiger charge is 2.60. The molecule has 310 valence electrons. The summed E-state index contributed by atoms with van der Waals surface area (Å²) in [6.45, 7) is 6.01. The van der Waals surface area contributed by atoms with Gasteiger partial charge in [0.25, 0.3) is 5.91 Å². The van der Waals surface area contributed by atoms with Crippen molar-refractivity contribution < 1.29 is 37.1 Å². The van der Waals surface area contributed by atoms with Gasteiger partial charge < -0.3 is 20.3 Å². The van der Waals surface area contributed by atoms with Gasteiger partial charge in [0.05, 0.1) is 24.0 Å². The summed E-state index contributed by atoms with van der Waals surface area (Å²) in [7, 11) is 0. The van der Waals surface area contributed by atoms with Gasteiger partial charge in [0.1, 0.15) is 30.0 Å². The van der Waals surface area contributed by atoms with Crippen LogP contribution in [0.1, 0.15) is 55.8 Å². The number of carbonyl (C=O) groups excluding carboxylic acids is 4. The van der Waals surface area contributed by atoms with Crippen LogP contribution in [0.15, 0.2) is 48.7 Å². The quantitative estimate of drug-likeness (QED) is 0.164. The number of aromatic nitrogens is 1. The van der Waals surface area contributed by atoms with Gasteiger partial charge in [-0.15, -0.1) is 0 Å². The predicted molar refractivity (Wildman–Crippen MR) is 217 cm³/mol. The molecular formula is C40H41ClF3N9O5S. The number of anilines is 4. The standard InChI is InChI=1S/C40H41ClF3N9O5S/c1-2-24-16-28(53-38(59)52(37(57)39(53)8-3-9-39)29-20-30(40(42,43)44)32(21-45)46-22-29)4-6-33(24)58-15-14-50-10-12-51(13-11-50)23-35(55)48-27-18-25(41)17-26(19-27)47-31-5-7-34(54)49-36(31)56/h4,6,16-20,22,31,47H,2-3,5,7-15,23H2,1H3,(H,48,55)(H,49,54,56). The van der Waals surface area contributed by atoms with E-state index < -0.39 is 40.8 Å². The molecule has 1 atom stereocenters. The monoisotopic (exact) mass is 851 g/mol. The van der Waals surface area contributed by atoms with Crippen LogP contribution in [-0.4, -0.2) is 101 Å². The highest BCUT2D eigenvalue weighted by molar-refractivity contribution is 7.81. The van der Waals surface area contributed by atoms with Gasteiger partial charge in [-0.3, -0.25) is 39.2 Å². The second kappa shape index (κ2) is 17.1. The van der Waals surface area contributed by atoms with E-state index in [1.165, 1.54) is 6.07 Å². The summed E-state index contributed by atoms with van der Waals surface area (Å²) >= 11 is 12.1. The van der Waals surface area contributed by atoms with Crippen molar-refractivity contribution in [3.63, 3.8) is 0 Å². The number of alkyl halides is 3. The minimum atomic E-state index is -4.85. The van der Waals surface area contributed by atoms with E-state index in [9.17, 15) is 37.6 Å². The fraction of sp³-hybridized carbons (Fsp3) is 0.425. The average molecular weight is 852 g/mol. The third-order valence-corrected chi connectivity index (χ3v) is 11.7. The highest BCUT2D eigenvalue weighted by atomic mass is 35.5. The predicted octanol–water partition coefficient (Wildman–Crippen LogP) is 5.10. The second-order valence-electron chi connectivity index (χ2n) is 14.9. The van der Waals surface area contributed by atoms with E-state index >= 15 is 0 Å². The van der Waals surface area contributed by atoms with E-state index in [0.29, 0.717) is 79.8 Å². The fourth-order valence-electron chi connectivity index (χ4n) is 7.85. The van der Waals surface area contributed by atoms with E-state index in [4.69, 9.17) is 28.6 Å². The molecule has 1 aliphatic carbocycles. The Balaban J connectivity index is 0.915. The van der Waals surface area contributed by atoms with Gasteiger partial charge in [0.15, 0.2) is 10.8 Å². The van der Waals surface area contributed by atoms with E-state index in [1.54, 1.807) is 29.2 Å².